The number of hydrogen-bond acceptors (Lipinski definition) is 0. The summed E-state index contributed by atoms with van der Waals surface area (Å²) < 4.78 is 0. The SMILES string of the molecule is CCCCCCCCCCCCCCCCCCCCCCCCCCCCCCC[SiH3]. The van der Waals surface area contributed by atoms with E-state index in [0.29, 0.717) is 0 Å². The summed E-state index contributed by atoms with van der Waals surface area (Å²) in [5.41, 5.74) is 0. The van der Waals surface area contributed by atoms with E-state index < -0.39 is 0 Å². The molecule has 0 N–H and O–H groups in total. The van der Waals surface area contributed by atoms with Gasteiger partial charge < -0.3 is 0 Å². The van der Waals surface area contributed by atoms with Gasteiger partial charge in [-0.3, -0.25) is 0 Å². The largest absolute Gasteiger partial charge is 0.0658 e. The topological polar surface area (TPSA) is 0 Å². The fourth-order valence-electron chi connectivity index (χ4n) is 5.10. The summed E-state index contributed by atoms with van der Waals surface area (Å²) >= 11 is 0. The molecular weight excluding hydrogens is 400 g/mol. The maximum Gasteiger partial charge on any atom is 0.00279 e. The summed E-state index contributed by atoms with van der Waals surface area (Å²) in [5, 5.41) is 0. The lowest BCUT2D eigenvalue weighted by Crippen LogP contribution is -1.85. The molecule has 1 heteroatoms. The standard InChI is InChI=1S/C31H66Si/c1-2-3-4-5-6-7-8-9-10-11-12-13-14-15-16-17-18-19-20-21-22-23-24-25-26-27-28-29-30-31-32/h2-31H2,1,32H3. The van der Waals surface area contributed by atoms with Crippen LogP contribution in [0.25, 0.3) is 0 Å². The van der Waals surface area contributed by atoms with Crippen molar-refractivity contribution in [2.45, 2.75) is 199 Å². The summed E-state index contributed by atoms with van der Waals surface area (Å²) in [6.45, 7) is 2.31. The summed E-state index contributed by atoms with van der Waals surface area (Å²) in [7, 11) is 1.41. The van der Waals surface area contributed by atoms with Crippen molar-refractivity contribution in [3.63, 3.8) is 0 Å². The normalized spacial score (nSPS) is 11.5. The first-order valence-corrected chi connectivity index (χ1v) is 17.3. The van der Waals surface area contributed by atoms with Gasteiger partial charge in [-0.2, -0.15) is 0 Å². The number of unbranched alkanes of at least 4 members (excludes halogenated alkanes) is 28. The van der Waals surface area contributed by atoms with E-state index in [4.69, 9.17) is 0 Å². The molecule has 0 amide bonds. The quantitative estimate of drug-likeness (QED) is 0.0759. The summed E-state index contributed by atoms with van der Waals surface area (Å²) in [5.74, 6) is 0. The lowest BCUT2D eigenvalue weighted by atomic mass is 10.0. The Morgan fingerprint density at radius 2 is 0.406 bits per heavy atom. The summed E-state index contributed by atoms with van der Waals surface area (Å²) in [6.07, 6.45) is 43.2. The average Bonchev–Trinajstić information content (AvgIpc) is 2.81. The van der Waals surface area contributed by atoms with E-state index in [2.05, 4.69) is 6.92 Å². The third-order valence-corrected chi connectivity index (χ3v) is 8.16. The zero-order valence-corrected chi connectivity index (χ0v) is 25.2. The first-order chi connectivity index (χ1) is 15.9. The molecule has 0 nitrogen and oxygen atoms in total. The Labute approximate surface area is 209 Å². The fraction of sp³-hybridized carbons (Fsp3) is 1.00. The van der Waals surface area contributed by atoms with Crippen LogP contribution in [0.2, 0.25) is 6.04 Å². The zero-order valence-electron chi connectivity index (χ0n) is 23.2. The molecular formula is C31H66Si. The predicted molar refractivity (Wildman–Crippen MR) is 154 cm³/mol. The van der Waals surface area contributed by atoms with Crippen LogP contribution in [0, 0.1) is 0 Å². The van der Waals surface area contributed by atoms with E-state index in [0.717, 1.165) is 0 Å². The first kappa shape index (κ1) is 32.2. The average molecular weight is 467 g/mol. The van der Waals surface area contributed by atoms with E-state index in [1.54, 1.807) is 0 Å². The van der Waals surface area contributed by atoms with Gasteiger partial charge in [0.15, 0.2) is 0 Å². The van der Waals surface area contributed by atoms with Crippen molar-refractivity contribution < 1.29 is 0 Å². The Hall–Kier alpha value is 0.217. The molecule has 0 rings (SSSR count). The molecule has 0 saturated heterocycles. The molecule has 0 unspecified atom stereocenters. The third kappa shape index (κ3) is 30.2. The zero-order chi connectivity index (χ0) is 23.2. The lowest BCUT2D eigenvalue weighted by Gasteiger charge is -2.04. The molecule has 0 aromatic heterocycles. The number of hydrogen-bond donors (Lipinski definition) is 0. The molecule has 0 spiro atoms. The molecule has 32 heavy (non-hydrogen) atoms. The molecule has 0 aromatic carbocycles. The molecule has 0 fully saturated rings. The van der Waals surface area contributed by atoms with Crippen LogP contribution in [-0.2, 0) is 0 Å². The Morgan fingerprint density at radius 3 is 0.562 bits per heavy atom. The molecule has 194 valence electrons. The van der Waals surface area contributed by atoms with Crippen molar-refractivity contribution in [2.24, 2.45) is 0 Å². The van der Waals surface area contributed by atoms with Gasteiger partial charge in [-0.25, -0.2) is 0 Å². The molecule has 0 aliphatic carbocycles. The van der Waals surface area contributed by atoms with Crippen molar-refractivity contribution in [2.75, 3.05) is 0 Å². The molecule has 0 aromatic rings. The Morgan fingerprint density at radius 1 is 0.250 bits per heavy atom. The van der Waals surface area contributed by atoms with Crippen LogP contribution in [0.5, 0.6) is 0 Å². The van der Waals surface area contributed by atoms with Crippen LogP contribution in [0.3, 0.4) is 0 Å². The Kier molecular flexibility index (Phi) is 31.4. The Bertz CT molecular complexity index is 271. The van der Waals surface area contributed by atoms with E-state index in [1.165, 1.54) is 202 Å². The highest BCUT2D eigenvalue weighted by molar-refractivity contribution is 6.08. The van der Waals surface area contributed by atoms with Gasteiger partial charge in [0.25, 0.3) is 0 Å². The molecule has 0 aliphatic rings. The third-order valence-electron chi connectivity index (χ3n) is 7.46. The minimum atomic E-state index is 1.38. The maximum absolute atomic E-state index is 2.31. The minimum Gasteiger partial charge on any atom is -0.0658 e. The van der Waals surface area contributed by atoms with Crippen molar-refractivity contribution in [3.05, 3.63) is 0 Å². The van der Waals surface area contributed by atoms with Crippen LogP contribution in [0.1, 0.15) is 193 Å². The molecule has 0 radical (unpaired) electrons. The highest BCUT2D eigenvalue weighted by Crippen LogP contribution is 2.16. The second-order valence-electron chi connectivity index (χ2n) is 10.9. The van der Waals surface area contributed by atoms with Gasteiger partial charge in [0.1, 0.15) is 0 Å². The first-order valence-electron chi connectivity index (χ1n) is 15.9. The molecule has 0 bridgehead atoms. The van der Waals surface area contributed by atoms with Crippen molar-refractivity contribution in [1.29, 1.82) is 0 Å². The van der Waals surface area contributed by atoms with E-state index in [1.807, 2.05) is 0 Å². The van der Waals surface area contributed by atoms with Gasteiger partial charge in [-0.05, 0) is 0 Å². The molecule has 0 heterocycles. The van der Waals surface area contributed by atoms with Crippen molar-refractivity contribution in [1.82, 2.24) is 0 Å². The predicted octanol–water partition coefficient (Wildman–Crippen LogP) is 11.1. The fourth-order valence-corrected chi connectivity index (χ4v) is 5.60. The minimum absolute atomic E-state index is 1.38. The van der Waals surface area contributed by atoms with Crippen molar-refractivity contribution in [3.8, 4) is 0 Å². The molecule has 0 aliphatic heterocycles. The maximum atomic E-state index is 2.31. The van der Waals surface area contributed by atoms with Crippen LogP contribution >= 0.6 is 0 Å². The highest BCUT2D eigenvalue weighted by atomic mass is 28.1. The van der Waals surface area contributed by atoms with E-state index >= 15 is 0 Å². The van der Waals surface area contributed by atoms with Gasteiger partial charge in [0, 0.05) is 10.2 Å². The van der Waals surface area contributed by atoms with Gasteiger partial charge in [-0.1, -0.05) is 199 Å². The van der Waals surface area contributed by atoms with Crippen LogP contribution in [-0.4, -0.2) is 10.2 Å². The summed E-state index contributed by atoms with van der Waals surface area (Å²) in [4.78, 5) is 0. The monoisotopic (exact) mass is 466 g/mol. The second kappa shape index (κ2) is 31.2. The molecule has 0 atom stereocenters. The van der Waals surface area contributed by atoms with Gasteiger partial charge in [0.2, 0.25) is 0 Å². The van der Waals surface area contributed by atoms with Gasteiger partial charge in [-0.15, -0.1) is 0 Å². The lowest BCUT2D eigenvalue weighted by molar-refractivity contribution is 0.514. The van der Waals surface area contributed by atoms with Crippen LogP contribution < -0.4 is 0 Å². The molecule has 0 saturated carbocycles. The van der Waals surface area contributed by atoms with Crippen LogP contribution in [0.4, 0.5) is 0 Å². The second-order valence-corrected chi connectivity index (χ2v) is 11.9. The van der Waals surface area contributed by atoms with E-state index in [-0.39, 0.29) is 0 Å². The van der Waals surface area contributed by atoms with Gasteiger partial charge in [0.05, 0.1) is 0 Å². The summed E-state index contributed by atoms with van der Waals surface area (Å²) in [6, 6.07) is 1.51. The van der Waals surface area contributed by atoms with Crippen molar-refractivity contribution >= 4 is 10.2 Å². The van der Waals surface area contributed by atoms with Crippen LogP contribution in [0.15, 0.2) is 0 Å². The van der Waals surface area contributed by atoms with E-state index in [9.17, 15) is 0 Å². The van der Waals surface area contributed by atoms with Gasteiger partial charge >= 0.3 is 0 Å². The Balaban J connectivity index is 2.98. The smallest absolute Gasteiger partial charge is 0.00279 e. The highest BCUT2D eigenvalue weighted by Gasteiger charge is 1.96. The number of rotatable bonds is 29.